The fraction of sp³-hybridized carbons (Fsp3) is 0.333. The summed E-state index contributed by atoms with van der Waals surface area (Å²) in [5.41, 5.74) is 2.11. The molecule has 4 rings (SSSR count). The van der Waals surface area contributed by atoms with Crippen LogP contribution in [0.4, 0.5) is 0 Å². The van der Waals surface area contributed by atoms with Crippen molar-refractivity contribution in [1.82, 2.24) is 25.1 Å². The third kappa shape index (κ3) is 4.74. The molecular weight excluding hydrogens is 477 g/mol. The van der Waals surface area contributed by atoms with Gasteiger partial charge in [-0.05, 0) is 56.2 Å². The van der Waals surface area contributed by atoms with Crippen molar-refractivity contribution in [2.45, 2.75) is 31.8 Å². The Bertz CT molecular complexity index is 1270. The number of likely N-dealkylation sites (N-methyl/N-ethyl adjacent to an activating group) is 1. The van der Waals surface area contributed by atoms with Gasteiger partial charge in [-0.15, -0.1) is 0 Å². The second-order valence-electron chi connectivity index (χ2n) is 8.56. The fourth-order valence-corrected chi connectivity index (χ4v) is 4.54. The van der Waals surface area contributed by atoms with Crippen LogP contribution in [0.15, 0.2) is 36.4 Å². The largest absolute Gasteiger partial charge is 0.347 e. The van der Waals surface area contributed by atoms with Crippen molar-refractivity contribution in [3.8, 4) is 0 Å². The maximum atomic E-state index is 13.1. The van der Waals surface area contributed by atoms with Gasteiger partial charge >= 0.3 is 0 Å². The molecule has 0 saturated carbocycles. The van der Waals surface area contributed by atoms with E-state index in [1.54, 1.807) is 43.3 Å². The summed E-state index contributed by atoms with van der Waals surface area (Å²) in [6.45, 7) is 2.30. The highest BCUT2D eigenvalue weighted by Crippen LogP contribution is 2.26. The summed E-state index contributed by atoms with van der Waals surface area (Å²) in [7, 11) is 3.34. The number of aromatic amines is 1. The highest BCUT2D eigenvalue weighted by Gasteiger charge is 2.36. The van der Waals surface area contributed by atoms with Crippen LogP contribution in [0.1, 0.15) is 52.3 Å². The van der Waals surface area contributed by atoms with Crippen LogP contribution < -0.4 is 5.32 Å². The van der Waals surface area contributed by atoms with Crippen molar-refractivity contribution in [1.29, 1.82) is 0 Å². The van der Waals surface area contributed by atoms with E-state index in [0.29, 0.717) is 29.4 Å². The minimum Gasteiger partial charge on any atom is -0.347 e. The normalized spacial score (nSPS) is 16.5. The molecule has 3 amide bonds. The number of hydrogen-bond donors (Lipinski definition) is 2. The van der Waals surface area contributed by atoms with Crippen molar-refractivity contribution in [3.63, 3.8) is 0 Å². The van der Waals surface area contributed by atoms with E-state index in [2.05, 4.69) is 15.3 Å². The van der Waals surface area contributed by atoms with Crippen LogP contribution in [0.2, 0.25) is 10.0 Å². The monoisotopic (exact) mass is 501 g/mol. The first-order chi connectivity index (χ1) is 16.2. The average molecular weight is 502 g/mol. The molecule has 10 heteroatoms. The van der Waals surface area contributed by atoms with Gasteiger partial charge in [-0.3, -0.25) is 14.4 Å². The highest BCUT2D eigenvalue weighted by molar-refractivity contribution is 6.34. The fourth-order valence-electron chi connectivity index (χ4n) is 4.10. The van der Waals surface area contributed by atoms with Crippen LogP contribution in [-0.2, 0) is 4.79 Å². The molecule has 2 aromatic carbocycles. The topological polar surface area (TPSA) is 98.4 Å². The van der Waals surface area contributed by atoms with Crippen LogP contribution in [0.3, 0.4) is 0 Å². The zero-order valence-corrected chi connectivity index (χ0v) is 20.6. The van der Waals surface area contributed by atoms with Crippen LogP contribution >= 0.6 is 23.2 Å². The van der Waals surface area contributed by atoms with Gasteiger partial charge in [-0.2, -0.15) is 0 Å². The molecule has 1 aromatic heterocycles. The molecule has 1 aliphatic heterocycles. The van der Waals surface area contributed by atoms with Gasteiger partial charge in [-0.1, -0.05) is 23.2 Å². The molecule has 2 N–H and O–H groups in total. The Balaban J connectivity index is 1.48. The Morgan fingerprint density at radius 3 is 2.65 bits per heavy atom. The van der Waals surface area contributed by atoms with Crippen molar-refractivity contribution < 1.29 is 14.4 Å². The lowest BCUT2D eigenvalue weighted by molar-refractivity contribution is -0.132. The zero-order chi connectivity index (χ0) is 24.6. The third-order valence-corrected chi connectivity index (χ3v) is 6.47. The van der Waals surface area contributed by atoms with Gasteiger partial charge in [-0.25, -0.2) is 4.98 Å². The minimum absolute atomic E-state index is 0.111. The molecular formula is C24H25Cl2N5O3. The van der Waals surface area contributed by atoms with E-state index in [9.17, 15) is 14.4 Å². The van der Waals surface area contributed by atoms with Gasteiger partial charge in [0.1, 0.15) is 11.9 Å². The predicted molar refractivity (Wildman–Crippen MR) is 131 cm³/mol. The van der Waals surface area contributed by atoms with Gasteiger partial charge in [0.15, 0.2) is 0 Å². The number of hydrogen-bond acceptors (Lipinski definition) is 4. The summed E-state index contributed by atoms with van der Waals surface area (Å²) in [5.74, 6) is -0.188. The molecule has 0 radical (unpaired) electrons. The SMILES string of the molecule is CC(NC(=O)c1ccc(C(=O)N2CCC[C@H]2C(=O)N(C)C)c(Cl)c1)c1nc2ccc(Cl)cc2[nH]1. The van der Waals surface area contributed by atoms with Gasteiger partial charge in [0.25, 0.3) is 11.8 Å². The summed E-state index contributed by atoms with van der Waals surface area (Å²) in [6, 6.07) is 8.98. The predicted octanol–water partition coefficient (Wildman–Crippen LogP) is 4.05. The number of benzene rings is 2. The molecule has 8 nitrogen and oxygen atoms in total. The zero-order valence-electron chi connectivity index (χ0n) is 19.1. The summed E-state index contributed by atoms with van der Waals surface area (Å²) in [6.07, 6.45) is 1.37. The van der Waals surface area contributed by atoms with Gasteiger partial charge in [0.2, 0.25) is 5.91 Å². The van der Waals surface area contributed by atoms with E-state index in [-0.39, 0.29) is 28.3 Å². The molecule has 0 bridgehead atoms. The van der Waals surface area contributed by atoms with Crippen LogP contribution in [0, 0.1) is 0 Å². The van der Waals surface area contributed by atoms with Crippen molar-refractivity contribution in [3.05, 3.63) is 63.4 Å². The number of rotatable bonds is 5. The molecule has 0 aliphatic carbocycles. The molecule has 0 spiro atoms. The second-order valence-corrected chi connectivity index (χ2v) is 9.41. The van der Waals surface area contributed by atoms with Crippen molar-refractivity contribution in [2.75, 3.05) is 20.6 Å². The van der Waals surface area contributed by atoms with Gasteiger partial charge < -0.3 is 20.1 Å². The molecule has 3 aromatic rings. The van der Waals surface area contributed by atoms with Crippen molar-refractivity contribution >= 4 is 52.0 Å². The number of aromatic nitrogens is 2. The molecule has 178 valence electrons. The first-order valence-electron chi connectivity index (χ1n) is 10.9. The number of nitrogens with one attached hydrogen (secondary N) is 2. The van der Waals surface area contributed by atoms with Crippen LogP contribution in [0.25, 0.3) is 11.0 Å². The molecule has 1 saturated heterocycles. The summed E-state index contributed by atoms with van der Waals surface area (Å²) in [5, 5.41) is 3.64. The Kier molecular flexibility index (Phi) is 6.81. The number of H-pyrrole nitrogens is 1. The van der Waals surface area contributed by atoms with Crippen LogP contribution in [0.5, 0.6) is 0 Å². The molecule has 1 aliphatic rings. The summed E-state index contributed by atoms with van der Waals surface area (Å²) in [4.78, 5) is 49.1. The Hall–Kier alpha value is -3.10. The number of imidazole rings is 1. The van der Waals surface area contributed by atoms with E-state index in [0.717, 1.165) is 17.5 Å². The molecule has 1 unspecified atom stereocenters. The second kappa shape index (κ2) is 9.64. The Morgan fingerprint density at radius 1 is 1.18 bits per heavy atom. The van der Waals surface area contributed by atoms with E-state index in [1.165, 1.54) is 17.0 Å². The first-order valence-corrected chi connectivity index (χ1v) is 11.7. The molecule has 2 heterocycles. The summed E-state index contributed by atoms with van der Waals surface area (Å²) >= 11 is 12.4. The summed E-state index contributed by atoms with van der Waals surface area (Å²) < 4.78 is 0. The average Bonchev–Trinajstić information content (AvgIpc) is 3.44. The van der Waals surface area contributed by atoms with Gasteiger partial charge in [0.05, 0.1) is 27.7 Å². The number of carbonyl (C=O) groups excluding carboxylic acids is 3. The van der Waals surface area contributed by atoms with E-state index >= 15 is 0 Å². The number of likely N-dealkylation sites (tertiary alicyclic amines) is 1. The third-order valence-electron chi connectivity index (χ3n) is 5.92. The van der Waals surface area contributed by atoms with E-state index < -0.39 is 12.1 Å². The number of fused-ring (bicyclic) bond motifs is 1. The Labute approximate surface area is 207 Å². The number of carbonyl (C=O) groups is 3. The first kappa shape index (κ1) is 24.0. The van der Waals surface area contributed by atoms with Crippen LogP contribution in [-0.4, -0.2) is 64.2 Å². The lowest BCUT2D eigenvalue weighted by Gasteiger charge is -2.26. The lowest BCUT2D eigenvalue weighted by Crippen LogP contribution is -2.45. The van der Waals surface area contributed by atoms with E-state index in [1.807, 2.05) is 6.92 Å². The number of halogens is 2. The number of nitrogens with zero attached hydrogens (tertiary/aromatic N) is 3. The highest BCUT2D eigenvalue weighted by atomic mass is 35.5. The quantitative estimate of drug-likeness (QED) is 0.550. The minimum atomic E-state index is -0.499. The maximum absolute atomic E-state index is 13.1. The molecule has 2 atom stereocenters. The van der Waals surface area contributed by atoms with E-state index in [4.69, 9.17) is 23.2 Å². The molecule has 1 fully saturated rings. The smallest absolute Gasteiger partial charge is 0.256 e. The molecule has 34 heavy (non-hydrogen) atoms. The Morgan fingerprint density at radius 2 is 1.94 bits per heavy atom. The lowest BCUT2D eigenvalue weighted by atomic mass is 10.1. The number of amides is 3. The van der Waals surface area contributed by atoms with Crippen molar-refractivity contribution in [2.24, 2.45) is 0 Å². The van der Waals surface area contributed by atoms with Gasteiger partial charge in [0, 0.05) is 31.2 Å². The standard InChI is InChI=1S/C24H25Cl2N5O3/c1-13(21-28-18-9-7-15(25)12-19(18)29-21)27-22(32)14-6-8-16(17(26)11-14)23(33)31-10-4-5-20(31)24(34)30(2)3/h6-9,11-13,20H,4-5,10H2,1-3H3,(H,27,32)(H,28,29)/t13?,20-/m0/s1. The maximum Gasteiger partial charge on any atom is 0.256 e.